The Kier molecular flexibility index (Phi) is 6.37. The van der Waals surface area contributed by atoms with Crippen molar-refractivity contribution in [3.8, 4) is 0 Å². The summed E-state index contributed by atoms with van der Waals surface area (Å²) in [6, 6.07) is 4.17. The smallest absolute Gasteiger partial charge is 0.192 e. The van der Waals surface area contributed by atoms with Crippen LogP contribution in [-0.4, -0.2) is 22.4 Å². The van der Waals surface area contributed by atoms with Crippen LogP contribution >= 0.6 is 0 Å². The van der Waals surface area contributed by atoms with Gasteiger partial charge in [-0.2, -0.15) is 0 Å². The summed E-state index contributed by atoms with van der Waals surface area (Å²) < 4.78 is 12.8. The number of hydrogen-bond donors (Lipinski definition) is 0. The molecule has 0 radical (unpaired) electrons. The van der Waals surface area contributed by atoms with Crippen LogP contribution in [0.25, 0.3) is 6.08 Å². The molecule has 1 aliphatic carbocycles. The molecule has 0 amide bonds. The van der Waals surface area contributed by atoms with E-state index in [2.05, 4.69) is 79.9 Å². The van der Waals surface area contributed by atoms with Gasteiger partial charge in [0, 0.05) is 5.56 Å². The lowest BCUT2D eigenvalue weighted by Gasteiger charge is -2.36. The molecule has 0 saturated heterocycles. The van der Waals surface area contributed by atoms with Crippen molar-refractivity contribution in [3.63, 3.8) is 0 Å². The molecule has 0 aliphatic heterocycles. The van der Waals surface area contributed by atoms with Crippen LogP contribution in [0.5, 0.6) is 0 Å². The van der Waals surface area contributed by atoms with Gasteiger partial charge in [0.05, 0.1) is 13.2 Å². The van der Waals surface area contributed by atoms with Crippen LogP contribution in [0.15, 0.2) is 18.2 Å². The van der Waals surface area contributed by atoms with Crippen LogP contribution in [0.3, 0.4) is 0 Å². The molecule has 3 nitrogen and oxygen atoms in total. The van der Waals surface area contributed by atoms with Gasteiger partial charge in [-0.15, -0.1) is 0 Å². The molecular formula is C23H38O3Si2. The minimum atomic E-state index is -1.87. The number of allylic oxidation sites excluding steroid dienone is 1. The molecule has 1 aromatic rings. The molecule has 0 N–H and O–H groups in total. The van der Waals surface area contributed by atoms with E-state index in [1.807, 2.05) is 6.08 Å². The van der Waals surface area contributed by atoms with Gasteiger partial charge in [-0.1, -0.05) is 53.7 Å². The van der Waals surface area contributed by atoms with E-state index in [0.29, 0.717) is 13.2 Å². The SMILES string of the molecule is CC(C)(C)[Si](C)(C)OCc1ccc(CO[Si](C)(C)C(C)(C)C)c2c1C=CC2=O. The summed E-state index contributed by atoms with van der Waals surface area (Å²) in [5, 5.41) is 0.314. The lowest BCUT2D eigenvalue weighted by atomic mass is 9.98. The van der Waals surface area contributed by atoms with E-state index in [4.69, 9.17) is 8.85 Å². The van der Waals surface area contributed by atoms with Gasteiger partial charge >= 0.3 is 0 Å². The van der Waals surface area contributed by atoms with Crippen molar-refractivity contribution in [2.45, 2.75) is 91.0 Å². The highest BCUT2D eigenvalue weighted by Gasteiger charge is 2.38. The Morgan fingerprint density at radius 1 is 0.750 bits per heavy atom. The molecule has 0 atom stereocenters. The van der Waals surface area contributed by atoms with Crippen LogP contribution in [-0.2, 0) is 22.1 Å². The van der Waals surface area contributed by atoms with Crippen LogP contribution < -0.4 is 0 Å². The fourth-order valence-electron chi connectivity index (χ4n) is 2.63. The number of rotatable bonds is 6. The molecule has 1 aliphatic rings. The van der Waals surface area contributed by atoms with Gasteiger partial charge in [0.15, 0.2) is 22.4 Å². The Hall–Kier alpha value is -1.02. The van der Waals surface area contributed by atoms with Gasteiger partial charge in [0.25, 0.3) is 0 Å². The third kappa shape index (κ3) is 4.75. The molecule has 0 unspecified atom stereocenters. The Labute approximate surface area is 173 Å². The minimum Gasteiger partial charge on any atom is -0.413 e. The Bertz CT molecular complexity index is 778. The van der Waals surface area contributed by atoms with E-state index in [-0.39, 0.29) is 15.9 Å². The maximum absolute atomic E-state index is 12.6. The summed E-state index contributed by atoms with van der Waals surface area (Å²) in [5.41, 5.74) is 3.90. The molecule has 0 saturated carbocycles. The topological polar surface area (TPSA) is 35.5 Å². The molecule has 0 spiro atoms. The van der Waals surface area contributed by atoms with Gasteiger partial charge in [-0.05, 0) is 65.1 Å². The molecule has 5 heteroatoms. The van der Waals surface area contributed by atoms with Gasteiger partial charge in [-0.3, -0.25) is 4.79 Å². The molecule has 2 rings (SSSR count). The molecule has 156 valence electrons. The van der Waals surface area contributed by atoms with Crippen LogP contribution in [0.2, 0.25) is 36.3 Å². The average molecular weight is 419 g/mol. The zero-order chi connectivity index (χ0) is 21.5. The fraction of sp³-hybridized carbons (Fsp3) is 0.609. The van der Waals surface area contributed by atoms with Crippen molar-refractivity contribution in [1.82, 2.24) is 0 Å². The van der Waals surface area contributed by atoms with Gasteiger partial charge in [0.2, 0.25) is 0 Å². The molecule has 28 heavy (non-hydrogen) atoms. The highest BCUT2D eigenvalue weighted by atomic mass is 28.4. The molecule has 0 fully saturated rings. The Balaban J connectivity index is 2.25. The van der Waals surface area contributed by atoms with Crippen molar-refractivity contribution in [2.24, 2.45) is 0 Å². The van der Waals surface area contributed by atoms with E-state index in [1.54, 1.807) is 6.08 Å². The molecule has 0 aromatic heterocycles. The predicted octanol–water partition coefficient (Wildman–Crippen LogP) is 6.94. The lowest BCUT2D eigenvalue weighted by molar-refractivity contribution is 0.104. The Morgan fingerprint density at radius 3 is 1.64 bits per heavy atom. The van der Waals surface area contributed by atoms with Crippen LogP contribution in [0.1, 0.15) is 68.6 Å². The first-order valence-electron chi connectivity index (χ1n) is 10.2. The van der Waals surface area contributed by atoms with E-state index < -0.39 is 16.6 Å². The summed E-state index contributed by atoms with van der Waals surface area (Å²) in [6.07, 6.45) is 3.62. The normalized spacial score (nSPS) is 15.3. The van der Waals surface area contributed by atoms with E-state index >= 15 is 0 Å². The van der Waals surface area contributed by atoms with Gasteiger partial charge in [-0.25, -0.2) is 0 Å². The quantitative estimate of drug-likeness (QED) is 0.469. The number of benzene rings is 1. The average Bonchev–Trinajstić information content (AvgIpc) is 2.92. The van der Waals surface area contributed by atoms with Crippen molar-refractivity contribution in [1.29, 1.82) is 0 Å². The van der Waals surface area contributed by atoms with Crippen LogP contribution in [0.4, 0.5) is 0 Å². The third-order valence-corrected chi connectivity index (χ3v) is 15.8. The summed E-state index contributed by atoms with van der Waals surface area (Å²) >= 11 is 0. The zero-order valence-electron chi connectivity index (χ0n) is 19.4. The number of fused-ring (bicyclic) bond motifs is 1. The number of carbonyl (C=O) groups is 1. The second-order valence-electron chi connectivity index (χ2n) is 11.0. The summed E-state index contributed by atoms with van der Waals surface area (Å²) in [7, 11) is -3.71. The zero-order valence-corrected chi connectivity index (χ0v) is 21.4. The second-order valence-corrected chi connectivity index (χ2v) is 20.6. The minimum absolute atomic E-state index is 0.0815. The van der Waals surface area contributed by atoms with E-state index in [0.717, 1.165) is 22.3 Å². The first-order chi connectivity index (χ1) is 12.6. The van der Waals surface area contributed by atoms with Crippen molar-refractivity contribution >= 4 is 28.5 Å². The standard InChI is InChI=1S/C23H38O3Si2/c1-22(2,3)27(7,8)25-15-17-11-12-18(21-19(17)13-14-20(21)24)16-26-28(9,10)23(4,5)6/h11-14H,15-16H2,1-10H3. The largest absolute Gasteiger partial charge is 0.413 e. The van der Waals surface area contributed by atoms with E-state index in [9.17, 15) is 4.79 Å². The highest BCUT2D eigenvalue weighted by Crippen LogP contribution is 2.39. The predicted molar refractivity (Wildman–Crippen MR) is 124 cm³/mol. The molecular weight excluding hydrogens is 380 g/mol. The van der Waals surface area contributed by atoms with Crippen LogP contribution in [0, 0.1) is 0 Å². The number of ketones is 1. The van der Waals surface area contributed by atoms with Crippen molar-refractivity contribution < 1.29 is 13.6 Å². The van der Waals surface area contributed by atoms with Gasteiger partial charge in [0.1, 0.15) is 0 Å². The first kappa shape index (κ1) is 23.3. The second kappa shape index (κ2) is 7.67. The maximum Gasteiger partial charge on any atom is 0.192 e. The molecule has 0 bridgehead atoms. The lowest BCUT2D eigenvalue weighted by Crippen LogP contribution is -2.40. The maximum atomic E-state index is 12.6. The summed E-state index contributed by atoms with van der Waals surface area (Å²) in [6.45, 7) is 23.5. The number of carbonyl (C=O) groups excluding carboxylic acids is 1. The van der Waals surface area contributed by atoms with E-state index in [1.165, 1.54) is 0 Å². The van der Waals surface area contributed by atoms with Crippen molar-refractivity contribution in [2.75, 3.05) is 0 Å². The third-order valence-electron chi connectivity index (χ3n) is 6.86. The first-order valence-corrected chi connectivity index (χ1v) is 16.0. The summed E-state index contributed by atoms with van der Waals surface area (Å²) in [4.78, 5) is 12.6. The Morgan fingerprint density at radius 2 is 1.18 bits per heavy atom. The number of hydrogen-bond acceptors (Lipinski definition) is 3. The molecule has 0 heterocycles. The van der Waals surface area contributed by atoms with Crippen molar-refractivity contribution in [3.05, 3.63) is 40.5 Å². The molecule has 1 aromatic carbocycles. The monoisotopic (exact) mass is 418 g/mol. The van der Waals surface area contributed by atoms with Gasteiger partial charge < -0.3 is 8.85 Å². The highest BCUT2D eigenvalue weighted by molar-refractivity contribution is 6.74. The fourth-order valence-corrected chi connectivity index (χ4v) is 4.53. The summed E-state index contributed by atoms with van der Waals surface area (Å²) in [5.74, 6) is 0.0815.